The molecule has 3 heterocycles. The average molecular weight is 464 g/mol. The summed E-state index contributed by atoms with van der Waals surface area (Å²) in [5, 5.41) is 5.35. The van der Waals surface area contributed by atoms with Gasteiger partial charge in [0.25, 0.3) is 0 Å². The molecule has 3 aliphatic rings. The fourth-order valence-electron chi connectivity index (χ4n) is 4.34. The van der Waals surface area contributed by atoms with Crippen molar-refractivity contribution in [2.45, 2.75) is 44.7 Å². The van der Waals surface area contributed by atoms with Crippen molar-refractivity contribution in [1.82, 2.24) is 10.6 Å². The minimum absolute atomic E-state index is 0.112. The molecular weight excluding hydrogens is 435 g/mol. The normalized spacial score (nSPS) is 24.2. The van der Waals surface area contributed by atoms with E-state index in [9.17, 15) is 18.8 Å². The quantitative estimate of drug-likeness (QED) is 0.650. The molecule has 2 atom stereocenters. The highest BCUT2D eigenvalue weighted by Crippen LogP contribution is 2.37. The van der Waals surface area contributed by atoms with Crippen LogP contribution in [0.2, 0.25) is 0 Å². The number of piperidine rings is 1. The van der Waals surface area contributed by atoms with Gasteiger partial charge in [0.2, 0.25) is 11.8 Å². The zero-order valence-corrected chi connectivity index (χ0v) is 18.8. The Morgan fingerprint density at radius 2 is 1.79 bits per heavy atom. The second kappa shape index (κ2) is 9.52. The molecule has 11 heteroatoms. The number of nitrogens with zero attached hydrogens (tertiary/aromatic N) is 2. The number of cyclic esters (lactones) is 1. The van der Waals surface area contributed by atoms with E-state index in [0.29, 0.717) is 50.5 Å². The van der Waals surface area contributed by atoms with Crippen LogP contribution in [-0.4, -0.2) is 75.2 Å². The van der Waals surface area contributed by atoms with Crippen molar-refractivity contribution in [3.05, 3.63) is 24.0 Å². The lowest BCUT2D eigenvalue weighted by Crippen LogP contribution is -2.46. The van der Waals surface area contributed by atoms with Crippen LogP contribution in [0.4, 0.5) is 20.6 Å². The number of ether oxygens (including phenoxy) is 3. The summed E-state index contributed by atoms with van der Waals surface area (Å²) in [6, 6.07) is 4.68. The van der Waals surface area contributed by atoms with Gasteiger partial charge in [-0.25, -0.2) is 9.18 Å². The van der Waals surface area contributed by atoms with Crippen molar-refractivity contribution in [2.75, 3.05) is 49.1 Å². The molecule has 3 aliphatic heterocycles. The number of amides is 3. The molecule has 33 heavy (non-hydrogen) atoms. The number of halogens is 1. The molecule has 0 saturated carbocycles. The number of hydrogen-bond acceptors (Lipinski definition) is 7. The second-order valence-corrected chi connectivity index (χ2v) is 8.57. The molecule has 0 aromatic heterocycles. The van der Waals surface area contributed by atoms with Gasteiger partial charge in [-0.05, 0) is 18.2 Å². The van der Waals surface area contributed by atoms with Crippen LogP contribution in [-0.2, 0) is 23.8 Å². The first-order valence-electron chi connectivity index (χ1n) is 11.1. The lowest BCUT2D eigenvalue weighted by molar-refractivity contribution is -0.179. The van der Waals surface area contributed by atoms with Gasteiger partial charge in [-0.1, -0.05) is 0 Å². The molecule has 2 N–H and O–H groups in total. The Balaban J connectivity index is 1.33. The van der Waals surface area contributed by atoms with Gasteiger partial charge in [0.1, 0.15) is 18.0 Å². The van der Waals surface area contributed by atoms with E-state index in [-0.39, 0.29) is 31.0 Å². The molecule has 1 aromatic rings. The lowest BCUT2D eigenvalue weighted by atomic mass is 10.0. The Bertz CT molecular complexity index is 920. The zero-order chi connectivity index (χ0) is 23.6. The van der Waals surface area contributed by atoms with E-state index in [1.807, 2.05) is 4.90 Å². The van der Waals surface area contributed by atoms with Crippen molar-refractivity contribution in [3.63, 3.8) is 0 Å². The van der Waals surface area contributed by atoms with E-state index >= 15 is 0 Å². The Morgan fingerprint density at radius 1 is 1.12 bits per heavy atom. The highest BCUT2D eigenvalue weighted by Gasteiger charge is 2.44. The summed E-state index contributed by atoms with van der Waals surface area (Å²) < 4.78 is 32.2. The molecule has 180 valence electrons. The predicted molar refractivity (Wildman–Crippen MR) is 116 cm³/mol. The number of anilines is 2. The summed E-state index contributed by atoms with van der Waals surface area (Å²) in [6.45, 7) is 5.21. The van der Waals surface area contributed by atoms with Crippen LogP contribution in [0.3, 0.4) is 0 Å². The molecule has 4 rings (SSSR count). The van der Waals surface area contributed by atoms with Gasteiger partial charge in [-0.2, -0.15) is 0 Å². The van der Waals surface area contributed by atoms with E-state index < -0.39 is 23.8 Å². The maximum Gasteiger partial charge on any atom is 0.414 e. The first-order chi connectivity index (χ1) is 15.7. The van der Waals surface area contributed by atoms with Gasteiger partial charge < -0.3 is 29.7 Å². The van der Waals surface area contributed by atoms with Gasteiger partial charge in [0, 0.05) is 46.3 Å². The van der Waals surface area contributed by atoms with Gasteiger partial charge in [-0.3, -0.25) is 14.5 Å². The van der Waals surface area contributed by atoms with E-state index in [2.05, 4.69) is 10.6 Å². The largest absolute Gasteiger partial charge is 0.442 e. The average Bonchev–Trinajstić information content (AvgIpc) is 3.35. The topological polar surface area (TPSA) is 109 Å². The third kappa shape index (κ3) is 5.36. The van der Waals surface area contributed by atoms with Gasteiger partial charge in [0.15, 0.2) is 5.79 Å². The minimum atomic E-state index is -0.696. The van der Waals surface area contributed by atoms with Crippen molar-refractivity contribution >= 4 is 29.3 Å². The van der Waals surface area contributed by atoms with E-state index in [1.54, 1.807) is 12.1 Å². The summed E-state index contributed by atoms with van der Waals surface area (Å²) in [4.78, 5) is 37.7. The molecule has 0 bridgehead atoms. The number of benzene rings is 1. The molecule has 1 spiro atoms. The standard InChI is InChI=1S/C22H29FN4O6/c1-14(28)24-10-17-12-27(21(30)32-17)16-3-4-20(19(23)9-16)26-7-5-22(6-8-26)31-13-18(33-22)11-25-15(2)29/h3-4,9,17-18H,5-8,10-13H2,1-2H3,(H,24,28)(H,25,29). The molecule has 0 aliphatic carbocycles. The zero-order valence-electron chi connectivity index (χ0n) is 18.8. The fourth-order valence-corrected chi connectivity index (χ4v) is 4.34. The molecule has 3 fully saturated rings. The molecule has 2 unspecified atom stereocenters. The number of rotatable bonds is 6. The number of carbonyl (C=O) groups is 3. The van der Waals surface area contributed by atoms with Crippen molar-refractivity contribution in [1.29, 1.82) is 0 Å². The first kappa shape index (κ1) is 23.2. The molecule has 3 saturated heterocycles. The summed E-state index contributed by atoms with van der Waals surface area (Å²) >= 11 is 0. The van der Waals surface area contributed by atoms with Crippen LogP contribution in [0.25, 0.3) is 0 Å². The number of carbonyl (C=O) groups excluding carboxylic acids is 3. The number of nitrogens with one attached hydrogen (secondary N) is 2. The molecule has 10 nitrogen and oxygen atoms in total. The molecule has 3 amide bonds. The van der Waals surface area contributed by atoms with Crippen LogP contribution < -0.4 is 20.4 Å². The van der Waals surface area contributed by atoms with Crippen LogP contribution in [0.5, 0.6) is 0 Å². The van der Waals surface area contributed by atoms with Crippen LogP contribution in [0, 0.1) is 5.82 Å². The third-order valence-electron chi connectivity index (χ3n) is 6.05. The van der Waals surface area contributed by atoms with Crippen molar-refractivity contribution in [3.8, 4) is 0 Å². The van der Waals surface area contributed by atoms with E-state index in [4.69, 9.17) is 14.2 Å². The highest BCUT2D eigenvalue weighted by atomic mass is 19.1. The smallest absolute Gasteiger partial charge is 0.414 e. The molecule has 1 aromatic carbocycles. The van der Waals surface area contributed by atoms with E-state index in [0.717, 1.165) is 0 Å². The first-order valence-corrected chi connectivity index (χ1v) is 11.1. The summed E-state index contributed by atoms with van der Waals surface area (Å²) in [5.41, 5.74) is 0.854. The minimum Gasteiger partial charge on any atom is -0.442 e. The van der Waals surface area contributed by atoms with Gasteiger partial charge in [-0.15, -0.1) is 0 Å². The maximum absolute atomic E-state index is 15.0. The summed E-state index contributed by atoms with van der Waals surface area (Å²) in [6.07, 6.45) is -0.0848. The van der Waals surface area contributed by atoms with Gasteiger partial charge >= 0.3 is 6.09 Å². The third-order valence-corrected chi connectivity index (χ3v) is 6.05. The predicted octanol–water partition coefficient (Wildman–Crippen LogP) is 1.13. The van der Waals surface area contributed by atoms with E-state index in [1.165, 1.54) is 24.8 Å². The van der Waals surface area contributed by atoms with Crippen molar-refractivity contribution < 1.29 is 33.0 Å². The Kier molecular flexibility index (Phi) is 6.71. The van der Waals surface area contributed by atoms with Crippen molar-refractivity contribution in [2.24, 2.45) is 0 Å². The second-order valence-electron chi connectivity index (χ2n) is 8.57. The van der Waals surface area contributed by atoms with Gasteiger partial charge in [0.05, 0.1) is 31.1 Å². The highest BCUT2D eigenvalue weighted by molar-refractivity contribution is 5.90. The van der Waals surface area contributed by atoms with Crippen LogP contribution >= 0.6 is 0 Å². The molecular formula is C22H29FN4O6. The Hall–Kier alpha value is -2.92. The summed E-state index contributed by atoms with van der Waals surface area (Å²) in [7, 11) is 0. The molecule has 0 radical (unpaired) electrons. The maximum atomic E-state index is 15.0. The lowest BCUT2D eigenvalue weighted by Gasteiger charge is -2.39. The Labute approximate surface area is 191 Å². The summed E-state index contributed by atoms with van der Waals surface area (Å²) in [5.74, 6) is -1.45. The van der Waals surface area contributed by atoms with Crippen LogP contribution in [0.1, 0.15) is 26.7 Å². The Morgan fingerprint density at radius 3 is 2.42 bits per heavy atom. The fraction of sp³-hybridized carbons (Fsp3) is 0.591. The number of hydrogen-bond donors (Lipinski definition) is 2. The monoisotopic (exact) mass is 464 g/mol. The SMILES string of the molecule is CC(=O)NCC1CN(c2ccc(N3CCC4(CC3)OCC(CNC(C)=O)O4)c(F)c2)C(=O)O1. The van der Waals surface area contributed by atoms with Crippen LogP contribution in [0.15, 0.2) is 18.2 Å².